The fourth-order valence-electron chi connectivity index (χ4n) is 2.37. The zero-order chi connectivity index (χ0) is 15.5. The van der Waals surface area contributed by atoms with Crippen molar-refractivity contribution in [3.63, 3.8) is 0 Å². The molecule has 0 saturated heterocycles. The van der Waals surface area contributed by atoms with Crippen molar-refractivity contribution in [3.05, 3.63) is 65.9 Å². The minimum absolute atomic E-state index is 0.172. The van der Waals surface area contributed by atoms with E-state index in [-0.39, 0.29) is 5.91 Å². The van der Waals surface area contributed by atoms with E-state index in [2.05, 4.69) is 10.3 Å². The third-order valence-corrected chi connectivity index (χ3v) is 3.57. The molecule has 0 unspecified atom stereocenters. The molecule has 0 aliphatic rings. The van der Waals surface area contributed by atoms with Crippen LogP contribution in [0.25, 0.3) is 10.9 Å². The molecule has 0 atom stereocenters. The average molecular weight is 292 g/mol. The normalized spacial score (nSPS) is 10.5. The maximum Gasteiger partial charge on any atom is 0.256 e. The Morgan fingerprint density at radius 2 is 1.95 bits per heavy atom. The van der Waals surface area contributed by atoms with Crippen LogP contribution >= 0.6 is 0 Å². The molecule has 1 heterocycles. The first-order valence-corrected chi connectivity index (χ1v) is 6.99. The smallest absolute Gasteiger partial charge is 0.256 e. The fourth-order valence-corrected chi connectivity index (χ4v) is 2.37. The van der Waals surface area contributed by atoms with Gasteiger partial charge in [-0.05, 0) is 36.8 Å². The Morgan fingerprint density at radius 3 is 2.77 bits per heavy atom. The van der Waals surface area contributed by atoms with Gasteiger partial charge in [0.15, 0.2) is 0 Å². The van der Waals surface area contributed by atoms with Crippen molar-refractivity contribution in [2.75, 3.05) is 12.4 Å². The number of carbonyl (C=O) groups excluding carboxylic acids is 1. The van der Waals surface area contributed by atoms with Gasteiger partial charge in [-0.1, -0.05) is 24.3 Å². The largest absolute Gasteiger partial charge is 0.497 e. The number of anilines is 1. The van der Waals surface area contributed by atoms with Crippen LogP contribution in [0.2, 0.25) is 0 Å². The average Bonchev–Trinajstić information content (AvgIpc) is 2.55. The Balaban J connectivity index is 1.97. The lowest BCUT2D eigenvalue weighted by Gasteiger charge is -2.11. The molecule has 1 N–H and O–H groups in total. The summed E-state index contributed by atoms with van der Waals surface area (Å²) in [7, 11) is 1.58. The van der Waals surface area contributed by atoms with Crippen LogP contribution < -0.4 is 10.1 Å². The van der Waals surface area contributed by atoms with E-state index in [4.69, 9.17) is 4.74 Å². The summed E-state index contributed by atoms with van der Waals surface area (Å²) < 4.78 is 5.19. The predicted octanol–water partition coefficient (Wildman–Crippen LogP) is 3.80. The summed E-state index contributed by atoms with van der Waals surface area (Å²) >= 11 is 0. The lowest BCUT2D eigenvalue weighted by molar-refractivity contribution is 0.102. The van der Waals surface area contributed by atoms with Crippen molar-refractivity contribution in [2.45, 2.75) is 6.92 Å². The zero-order valence-electron chi connectivity index (χ0n) is 12.5. The molecule has 0 radical (unpaired) electrons. The second-order valence-corrected chi connectivity index (χ2v) is 5.02. The highest BCUT2D eigenvalue weighted by molar-refractivity contribution is 6.09. The molecule has 0 fully saturated rings. The number of nitrogens with one attached hydrogen (secondary N) is 1. The number of amides is 1. The van der Waals surface area contributed by atoms with Gasteiger partial charge in [0, 0.05) is 17.1 Å². The third kappa shape index (κ3) is 2.63. The molecule has 22 heavy (non-hydrogen) atoms. The maximum absolute atomic E-state index is 12.6. The number of pyridine rings is 1. The number of fused-ring (bicyclic) bond motifs is 1. The van der Waals surface area contributed by atoms with Crippen molar-refractivity contribution in [3.8, 4) is 5.75 Å². The number of para-hydroxylation sites is 1. The van der Waals surface area contributed by atoms with E-state index in [0.717, 1.165) is 16.5 Å². The van der Waals surface area contributed by atoms with Crippen molar-refractivity contribution in [1.82, 2.24) is 4.98 Å². The first-order valence-electron chi connectivity index (χ1n) is 6.99. The molecule has 3 aromatic rings. The van der Waals surface area contributed by atoms with Gasteiger partial charge in [-0.25, -0.2) is 0 Å². The van der Waals surface area contributed by atoms with Gasteiger partial charge in [-0.3, -0.25) is 9.78 Å². The fraction of sp³-hybridized carbons (Fsp3) is 0.111. The molecule has 1 aromatic heterocycles. The number of aromatic nitrogens is 1. The summed E-state index contributed by atoms with van der Waals surface area (Å²) in [5, 5.41) is 3.92. The van der Waals surface area contributed by atoms with Crippen LogP contribution in [-0.4, -0.2) is 18.0 Å². The van der Waals surface area contributed by atoms with Crippen LogP contribution in [-0.2, 0) is 0 Å². The van der Waals surface area contributed by atoms with Gasteiger partial charge in [-0.2, -0.15) is 0 Å². The van der Waals surface area contributed by atoms with Gasteiger partial charge in [0.1, 0.15) is 5.75 Å². The quantitative estimate of drug-likeness (QED) is 0.798. The third-order valence-electron chi connectivity index (χ3n) is 3.57. The molecular weight excluding hydrogens is 276 g/mol. The topological polar surface area (TPSA) is 51.2 Å². The Bertz CT molecular complexity index is 838. The first kappa shape index (κ1) is 14.1. The van der Waals surface area contributed by atoms with Crippen molar-refractivity contribution in [1.29, 1.82) is 0 Å². The molecule has 0 aliphatic carbocycles. The minimum atomic E-state index is -0.172. The molecular formula is C18H16N2O2. The number of methoxy groups -OCH3 is 1. The molecule has 3 rings (SSSR count). The highest BCUT2D eigenvalue weighted by atomic mass is 16.5. The predicted molar refractivity (Wildman–Crippen MR) is 87.4 cm³/mol. The van der Waals surface area contributed by atoms with Crippen LogP contribution in [0.5, 0.6) is 5.75 Å². The number of benzene rings is 2. The molecule has 1 amide bonds. The Morgan fingerprint density at radius 1 is 1.14 bits per heavy atom. The summed E-state index contributed by atoms with van der Waals surface area (Å²) in [6.07, 6.45) is 1.72. The van der Waals surface area contributed by atoms with Crippen molar-refractivity contribution in [2.24, 2.45) is 0 Å². The molecule has 0 aliphatic heterocycles. The lowest BCUT2D eigenvalue weighted by Crippen LogP contribution is -2.14. The number of hydrogen-bond acceptors (Lipinski definition) is 3. The summed E-state index contributed by atoms with van der Waals surface area (Å²) in [6.45, 7) is 1.90. The van der Waals surface area contributed by atoms with E-state index in [1.807, 2.05) is 49.4 Å². The zero-order valence-corrected chi connectivity index (χ0v) is 12.5. The monoisotopic (exact) mass is 292 g/mol. The molecule has 0 spiro atoms. The maximum atomic E-state index is 12.6. The van der Waals surface area contributed by atoms with E-state index in [1.54, 1.807) is 19.4 Å². The van der Waals surface area contributed by atoms with Crippen LogP contribution in [0.3, 0.4) is 0 Å². The van der Waals surface area contributed by atoms with Crippen LogP contribution in [0.15, 0.2) is 54.7 Å². The van der Waals surface area contributed by atoms with Gasteiger partial charge in [0.05, 0.1) is 18.3 Å². The molecule has 0 bridgehead atoms. The summed E-state index contributed by atoms with van der Waals surface area (Å²) in [5.41, 5.74) is 2.96. The molecule has 2 aromatic carbocycles. The van der Waals surface area contributed by atoms with Gasteiger partial charge >= 0.3 is 0 Å². The van der Waals surface area contributed by atoms with E-state index >= 15 is 0 Å². The van der Waals surface area contributed by atoms with Crippen LogP contribution in [0.4, 0.5) is 5.69 Å². The molecule has 4 heteroatoms. The number of ether oxygens (including phenoxy) is 1. The number of carbonyl (C=O) groups is 1. The van der Waals surface area contributed by atoms with Crippen molar-refractivity contribution >= 4 is 22.5 Å². The van der Waals surface area contributed by atoms with Crippen LogP contribution in [0.1, 0.15) is 15.9 Å². The van der Waals surface area contributed by atoms with Gasteiger partial charge < -0.3 is 10.1 Å². The number of hydrogen-bond donors (Lipinski definition) is 1. The van der Waals surface area contributed by atoms with E-state index in [9.17, 15) is 4.79 Å². The number of aryl methyl sites for hydroxylation is 1. The standard InChI is InChI=1S/C18H16N2O2/c1-12-8-9-14(22-2)11-15(12)18(21)20-16-7-3-5-13-6-4-10-19-17(13)16/h3-11H,1-2H3,(H,20,21). The first-order chi connectivity index (χ1) is 10.7. The summed E-state index contributed by atoms with van der Waals surface area (Å²) in [5.74, 6) is 0.487. The van der Waals surface area contributed by atoms with Gasteiger partial charge in [-0.15, -0.1) is 0 Å². The summed E-state index contributed by atoms with van der Waals surface area (Å²) in [6, 6.07) is 15.0. The lowest BCUT2D eigenvalue weighted by atomic mass is 10.1. The molecule has 0 saturated carbocycles. The minimum Gasteiger partial charge on any atom is -0.497 e. The SMILES string of the molecule is COc1ccc(C)c(C(=O)Nc2cccc3cccnc23)c1. The van der Waals surface area contributed by atoms with E-state index < -0.39 is 0 Å². The molecule has 110 valence electrons. The highest BCUT2D eigenvalue weighted by Crippen LogP contribution is 2.23. The highest BCUT2D eigenvalue weighted by Gasteiger charge is 2.12. The van der Waals surface area contributed by atoms with Gasteiger partial charge in [0.2, 0.25) is 0 Å². The van der Waals surface area contributed by atoms with E-state index in [1.165, 1.54) is 0 Å². The van der Waals surface area contributed by atoms with Crippen molar-refractivity contribution < 1.29 is 9.53 Å². The van der Waals surface area contributed by atoms with E-state index in [0.29, 0.717) is 17.0 Å². The molecule has 4 nitrogen and oxygen atoms in total. The van der Waals surface area contributed by atoms with Crippen LogP contribution in [0, 0.1) is 6.92 Å². The second kappa shape index (κ2) is 5.85. The summed E-state index contributed by atoms with van der Waals surface area (Å²) in [4.78, 5) is 16.9. The number of nitrogens with zero attached hydrogens (tertiary/aromatic N) is 1. The second-order valence-electron chi connectivity index (χ2n) is 5.02. The Labute approximate surface area is 128 Å². The Kier molecular flexibility index (Phi) is 3.74. The number of rotatable bonds is 3. The Hall–Kier alpha value is -2.88. The van der Waals surface area contributed by atoms with Gasteiger partial charge in [0.25, 0.3) is 5.91 Å².